The molecular weight excluding hydrogens is 290 g/mol. The number of carbonyl (C=O) groups is 1. The molecule has 1 saturated heterocycles. The Balaban J connectivity index is 2.09. The molecule has 0 saturated carbocycles. The summed E-state index contributed by atoms with van der Waals surface area (Å²) in [6.45, 7) is 1.58. The van der Waals surface area contributed by atoms with Gasteiger partial charge in [0.25, 0.3) is 5.91 Å². The van der Waals surface area contributed by atoms with Gasteiger partial charge in [0.1, 0.15) is 0 Å². The molecule has 1 amide bonds. The van der Waals surface area contributed by atoms with Crippen LogP contribution in [0.1, 0.15) is 29.6 Å². The van der Waals surface area contributed by atoms with Crippen LogP contribution in [0.15, 0.2) is 29.2 Å². The van der Waals surface area contributed by atoms with Crippen molar-refractivity contribution in [1.82, 2.24) is 15.4 Å². The van der Waals surface area contributed by atoms with Crippen molar-refractivity contribution in [3.05, 3.63) is 29.8 Å². The number of hydrogen-bond acceptors (Lipinski definition) is 4. The first-order valence-electron chi connectivity index (χ1n) is 7.08. The Morgan fingerprint density at radius 2 is 1.95 bits per heavy atom. The van der Waals surface area contributed by atoms with Gasteiger partial charge in [-0.1, -0.05) is 6.42 Å². The lowest BCUT2D eigenvalue weighted by Crippen LogP contribution is -2.40. The minimum absolute atomic E-state index is 0.0869. The van der Waals surface area contributed by atoms with Crippen LogP contribution in [-0.4, -0.2) is 40.5 Å². The van der Waals surface area contributed by atoms with E-state index in [1.54, 1.807) is 0 Å². The van der Waals surface area contributed by atoms with Gasteiger partial charge in [-0.25, -0.2) is 13.1 Å². The molecular formula is C14H21N3O3S. The summed E-state index contributed by atoms with van der Waals surface area (Å²) in [7, 11) is -2.01. The van der Waals surface area contributed by atoms with Crippen molar-refractivity contribution in [2.45, 2.75) is 30.2 Å². The fourth-order valence-electron chi connectivity index (χ4n) is 2.34. The Labute approximate surface area is 125 Å². The monoisotopic (exact) mass is 311 g/mol. The molecule has 1 aromatic carbocycles. The normalized spacial score (nSPS) is 19.8. The van der Waals surface area contributed by atoms with Crippen molar-refractivity contribution in [3.63, 3.8) is 0 Å². The second kappa shape index (κ2) is 7.02. The summed E-state index contributed by atoms with van der Waals surface area (Å²) in [6.07, 6.45) is 2.91. The van der Waals surface area contributed by atoms with Gasteiger partial charge in [-0.05, 0) is 43.7 Å². The molecule has 1 unspecified atom stereocenters. The first-order valence-corrected chi connectivity index (χ1v) is 8.56. The minimum atomic E-state index is -3.55. The molecule has 0 spiro atoms. The maximum Gasteiger partial charge on any atom is 0.251 e. The molecule has 1 aliphatic rings. The average molecular weight is 311 g/mol. The van der Waals surface area contributed by atoms with E-state index in [0.717, 1.165) is 25.8 Å². The van der Waals surface area contributed by atoms with Crippen molar-refractivity contribution in [2.75, 3.05) is 20.1 Å². The molecule has 0 aromatic heterocycles. The second-order valence-corrected chi connectivity index (χ2v) is 6.84. The molecule has 2 rings (SSSR count). The highest BCUT2D eigenvalue weighted by molar-refractivity contribution is 7.89. The summed E-state index contributed by atoms with van der Waals surface area (Å²) in [5.41, 5.74) is 0.438. The molecule has 1 fully saturated rings. The van der Waals surface area contributed by atoms with Gasteiger partial charge in [-0.2, -0.15) is 0 Å². The average Bonchev–Trinajstić information content (AvgIpc) is 2.74. The smallest absolute Gasteiger partial charge is 0.251 e. The van der Waals surface area contributed by atoms with Crippen LogP contribution in [0.5, 0.6) is 0 Å². The summed E-state index contributed by atoms with van der Waals surface area (Å²) in [5.74, 6) is -0.236. The Morgan fingerprint density at radius 3 is 2.62 bits per heavy atom. The molecule has 1 aliphatic heterocycles. The Morgan fingerprint density at radius 1 is 1.24 bits per heavy atom. The molecule has 1 atom stereocenters. The van der Waals surface area contributed by atoms with E-state index in [1.807, 2.05) is 0 Å². The van der Waals surface area contributed by atoms with Crippen molar-refractivity contribution < 1.29 is 13.2 Å². The summed E-state index contributed by atoms with van der Waals surface area (Å²) in [4.78, 5) is 11.6. The van der Waals surface area contributed by atoms with Crippen LogP contribution in [-0.2, 0) is 10.0 Å². The number of sulfonamides is 1. The van der Waals surface area contributed by atoms with Gasteiger partial charge < -0.3 is 10.6 Å². The van der Waals surface area contributed by atoms with Crippen LogP contribution < -0.4 is 15.4 Å². The lowest BCUT2D eigenvalue weighted by molar-refractivity contribution is 0.0963. The van der Waals surface area contributed by atoms with Gasteiger partial charge in [0.05, 0.1) is 4.90 Å². The molecule has 1 heterocycles. The molecule has 0 bridgehead atoms. The van der Waals surface area contributed by atoms with E-state index in [9.17, 15) is 13.2 Å². The van der Waals surface area contributed by atoms with Gasteiger partial charge in [0.15, 0.2) is 0 Å². The van der Waals surface area contributed by atoms with E-state index in [4.69, 9.17) is 0 Å². The number of amides is 1. The quantitative estimate of drug-likeness (QED) is 0.754. The van der Waals surface area contributed by atoms with Crippen LogP contribution in [0.25, 0.3) is 0 Å². The summed E-state index contributed by atoms with van der Waals surface area (Å²) < 4.78 is 27.4. The van der Waals surface area contributed by atoms with Crippen LogP contribution >= 0.6 is 0 Å². The number of benzene rings is 1. The molecule has 0 radical (unpaired) electrons. The number of carbonyl (C=O) groups excluding carboxylic acids is 1. The van der Waals surface area contributed by atoms with Crippen molar-refractivity contribution in [1.29, 1.82) is 0 Å². The topological polar surface area (TPSA) is 87.3 Å². The van der Waals surface area contributed by atoms with Crippen molar-refractivity contribution in [2.24, 2.45) is 0 Å². The predicted octanol–water partition coefficient (Wildman–Crippen LogP) is 0.467. The van der Waals surface area contributed by atoms with E-state index in [2.05, 4.69) is 15.4 Å². The molecule has 116 valence electrons. The third-order valence-electron chi connectivity index (χ3n) is 3.52. The Bertz CT molecular complexity index is 576. The molecule has 6 nitrogen and oxygen atoms in total. The van der Waals surface area contributed by atoms with Gasteiger partial charge >= 0.3 is 0 Å². The number of hydrogen-bond donors (Lipinski definition) is 3. The Hall–Kier alpha value is -1.44. The molecule has 0 aliphatic carbocycles. The number of nitrogens with one attached hydrogen (secondary N) is 3. The zero-order valence-corrected chi connectivity index (χ0v) is 12.9. The highest BCUT2D eigenvalue weighted by Crippen LogP contribution is 2.13. The van der Waals surface area contributed by atoms with Gasteiger partial charge in [-0.3, -0.25) is 4.79 Å². The fraction of sp³-hybridized carbons (Fsp3) is 0.500. The van der Waals surface area contributed by atoms with Crippen LogP contribution in [0.4, 0.5) is 0 Å². The highest BCUT2D eigenvalue weighted by Gasteiger charge is 2.21. The van der Waals surface area contributed by atoms with Gasteiger partial charge in [-0.15, -0.1) is 0 Å². The van der Waals surface area contributed by atoms with Gasteiger partial charge in [0, 0.05) is 25.2 Å². The van der Waals surface area contributed by atoms with Crippen LogP contribution in [0.3, 0.4) is 0 Å². The second-order valence-electron chi connectivity index (χ2n) is 5.12. The Kier molecular flexibility index (Phi) is 5.33. The lowest BCUT2D eigenvalue weighted by Gasteiger charge is -2.16. The van der Waals surface area contributed by atoms with E-state index in [1.165, 1.54) is 31.3 Å². The maximum absolute atomic E-state index is 12.3. The fourth-order valence-corrected chi connectivity index (χ4v) is 3.61. The van der Waals surface area contributed by atoms with Crippen molar-refractivity contribution >= 4 is 15.9 Å². The lowest BCUT2D eigenvalue weighted by atomic mass is 10.2. The van der Waals surface area contributed by atoms with E-state index in [-0.39, 0.29) is 16.8 Å². The highest BCUT2D eigenvalue weighted by atomic mass is 32.2. The van der Waals surface area contributed by atoms with E-state index in [0.29, 0.717) is 12.1 Å². The third-order valence-corrected chi connectivity index (χ3v) is 5.06. The molecule has 3 N–H and O–H groups in total. The first kappa shape index (κ1) is 15.9. The minimum Gasteiger partial charge on any atom is -0.355 e. The SMILES string of the molecule is CNC(=O)c1ccc(S(=O)(=O)NC2CCCCNC2)cc1. The van der Waals surface area contributed by atoms with Crippen LogP contribution in [0.2, 0.25) is 0 Å². The largest absolute Gasteiger partial charge is 0.355 e. The summed E-state index contributed by atoms with van der Waals surface area (Å²) in [6, 6.07) is 5.85. The maximum atomic E-state index is 12.3. The zero-order valence-electron chi connectivity index (χ0n) is 12.1. The third kappa shape index (κ3) is 4.26. The molecule has 7 heteroatoms. The molecule has 1 aromatic rings. The standard InChI is InChI=1S/C14H21N3O3S/c1-15-14(18)11-5-7-13(8-6-11)21(19,20)17-12-4-2-3-9-16-10-12/h5-8,12,16-17H,2-4,9-10H2,1H3,(H,15,18). The first-order chi connectivity index (χ1) is 10.0. The van der Waals surface area contributed by atoms with Gasteiger partial charge in [0.2, 0.25) is 10.0 Å². The molecule has 21 heavy (non-hydrogen) atoms. The summed E-state index contributed by atoms with van der Waals surface area (Å²) >= 11 is 0. The van der Waals surface area contributed by atoms with Crippen LogP contribution in [0, 0.1) is 0 Å². The summed E-state index contributed by atoms with van der Waals surface area (Å²) in [5, 5.41) is 5.72. The zero-order chi connectivity index (χ0) is 15.3. The van der Waals surface area contributed by atoms with E-state index >= 15 is 0 Å². The predicted molar refractivity (Wildman–Crippen MR) is 80.7 cm³/mol. The number of rotatable bonds is 4. The van der Waals surface area contributed by atoms with E-state index < -0.39 is 10.0 Å². The van der Waals surface area contributed by atoms with Crippen molar-refractivity contribution in [3.8, 4) is 0 Å².